The third-order valence-electron chi connectivity index (χ3n) is 5.12. The van der Waals surface area contributed by atoms with E-state index in [0.29, 0.717) is 37.4 Å². The molecule has 0 aliphatic carbocycles. The molecule has 1 aromatic rings. The molecule has 2 aliphatic rings. The fourth-order valence-electron chi connectivity index (χ4n) is 3.33. The van der Waals surface area contributed by atoms with Crippen LogP contribution < -0.4 is 16.4 Å². The smallest absolute Gasteiger partial charge is 0.321 e. The molecular weight excluding hydrogens is 368 g/mol. The van der Waals surface area contributed by atoms with Gasteiger partial charge in [0.1, 0.15) is 5.54 Å². The van der Waals surface area contributed by atoms with Crippen LogP contribution in [-0.2, 0) is 9.53 Å². The minimum Gasteiger partial charge on any atom is -0.381 e. The largest absolute Gasteiger partial charge is 0.381 e. The molecule has 0 atom stereocenters. The second-order valence-electron chi connectivity index (χ2n) is 7.13. The normalized spacial score (nSPS) is 19.4. The number of carbonyl (C=O) groups excluding carboxylic acids is 2. The number of anilines is 2. The molecule has 0 spiro atoms. The standard InChI is InChI=1S/C19H28N4O3.ClH/c20-19(9-13-26-14-10-19)17(24)21-15-5-7-16(8-6-15)22-18(25)23-11-3-1-2-4-12-23;/h5-8H,1-4,9-14,20H2,(H,21,24)(H,22,25);1H. The number of nitrogens with zero attached hydrogens (tertiary/aromatic N) is 1. The fourth-order valence-corrected chi connectivity index (χ4v) is 3.33. The van der Waals surface area contributed by atoms with E-state index in [0.717, 1.165) is 25.9 Å². The first-order valence-electron chi connectivity index (χ1n) is 9.41. The van der Waals surface area contributed by atoms with Crippen molar-refractivity contribution in [3.63, 3.8) is 0 Å². The average molecular weight is 397 g/mol. The number of hydrogen-bond donors (Lipinski definition) is 3. The lowest BCUT2D eigenvalue weighted by Gasteiger charge is -2.31. The minimum atomic E-state index is -0.877. The molecule has 7 nitrogen and oxygen atoms in total. The minimum absolute atomic E-state index is 0. The van der Waals surface area contributed by atoms with Crippen molar-refractivity contribution in [2.75, 3.05) is 36.9 Å². The van der Waals surface area contributed by atoms with Crippen LogP contribution >= 0.6 is 12.4 Å². The van der Waals surface area contributed by atoms with E-state index in [1.165, 1.54) is 12.8 Å². The van der Waals surface area contributed by atoms with Crippen molar-refractivity contribution >= 4 is 35.7 Å². The first kappa shape index (κ1) is 21.5. The number of amides is 3. The van der Waals surface area contributed by atoms with Crippen molar-refractivity contribution in [1.82, 2.24) is 4.90 Å². The van der Waals surface area contributed by atoms with Crippen molar-refractivity contribution < 1.29 is 14.3 Å². The van der Waals surface area contributed by atoms with E-state index < -0.39 is 5.54 Å². The van der Waals surface area contributed by atoms with Crippen LogP contribution in [0.4, 0.5) is 16.2 Å². The van der Waals surface area contributed by atoms with Crippen LogP contribution in [0.25, 0.3) is 0 Å². The molecule has 3 rings (SSSR count). The first-order valence-corrected chi connectivity index (χ1v) is 9.41. The number of urea groups is 1. The van der Waals surface area contributed by atoms with Gasteiger partial charge in [-0.1, -0.05) is 12.8 Å². The van der Waals surface area contributed by atoms with Gasteiger partial charge in [-0.15, -0.1) is 12.4 Å². The number of nitrogens with one attached hydrogen (secondary N) is 2. The van der Waals surface area contributed by atoms with Gasteiger partial charge in [0.15, 0.2) is 0 Å². The van der Waals surface area contributed by atoms with E-state index in [9.17, 15) is 9.59 Å². The van der Waals surface area contributed by atoms with Crippen molar-refractivity contribution in [2.24, 2.45) is 5.73 Å². The molecule has 2 aliphatic heterocycles. The number of ether oxygens (including phenoxy) is 1. The Morgan fingerprint density at radius 2 is 1.44 bits per heavy atom. The van der Waals surface area contributed by atoms with Crippen LogP contribution in [0.2, 0.25) is 0 Å². The summed E-state index contributed by atoms with van der Waals surface area (Å²) in [5, 5.41) is 5.79. The Labute approximate surface area is 166 Å². The summed E-state index contributed by atoms with van der Waals surface area (Å²) in [6.07, 6.45) is 5.53. The van der Waals surface area contributed by atoms with Crippen molar-refractivity contribution in [2.45, 2.75) is 44.1 Å². The van der Waals surface area contributed by atoms with Gasteiger partial charge in [0.25, 0.3) is 0 Å². The van der Waals surface area contributed by atoms with Gasteiger partial charge in [-0.05, 0) is 49.9 Å². The number of benzene rings is 1. The molecule has 0 bridgehead atoms. The van der Waals surface area contributed by atoms with E-state index in [1.54, 1.807) is 24.3 Å². The van der Waals surface area contributed by atoms with Gasteiger partial charge in [-0.3, -0.25) is 4.79 Å². The molecule has 2 heterocycles. The summed E-state index contributed by atoms with van der Waals surface area (Å²) in [7, 11) is 0. The summed E-state index contributed by atoms with van der Waals surface area (Å²) < 4.78 is 5.27. The van der Waals surface area contributed by atoms with Gasteiger partial charge in [0, 0.05) is 37.7 Å². The van der Waals surface area contributed by atoms with Gasteiger partial charge in [0.2, 0.25) is 5.91 Å². The Hall–Kier alpha value is -1.83. The van der Waals surface area contributed by atoms with E-state index >= 15 is 0 Å². The van der Waals surface area contributed by atoms with Crippen LogP contribution in [0.5, 0.6) is 0 Å². The highest BCUT2D eigenvalue weighted by Crippen LogP contribution is 2.21. The molecule has 2 fully saturated rings. The number of nitrogens with two attached hydrogens (primary N) is 1. The molecule has 1 aromatic carbocycles. The summed E-state index contributed by atoms with van der Waals surface area (Å²) in [5.41, 5.74) is 6.69. The molecule has 2 saturated heterocycles. The Kier molecular flexibility index (Phi) is 7.89. The van der Waals surface area contributed by atoms with E-state index in [4.69, 9.17) is 10.5 Å². The zero-order valence-electron chi connectivity index (χ0n) is 15.5. The topological polar surface area (TPSA) is 96.7 Å². The van der Waals surface area contributed by atoms with Crippen LogP contribution in [-0.4, -0.2) is 48.7 Å². The van der Waals surface area contributed by atoms with Gasteiger partial charge in [0.05, 0.1) is 0 Å². The maximum Gasteiger partial charge on any atom is 0.321 e. The van der Waals surface area contributed by atoms with Gasteiger partial charge in [-0.2, -0.15) is 0 Å². The third-order valence-corrected chi connectivity index (χ3v) is 5.12. The van der Waals surface area contributed by atoms with Gasteiger partial charge < -0.3 is 26.0 Å². The predicted octanol–water partition coefficient (Wildman–Crippen LogP) is 2.96. The number of hydrogen-bond acceptors (Lipinski definition) is 4. The van der Waals surface area contributed by atoms with Crippen molar-refractivity contribution in [3.05, 3.63) is 24.3 Å². The number of rotatable bonds is 3. The second-order valence-corrected chi connectivity index (χ2v) is 7.13. The Bertz CT molecular complexity index is 624. The Morgan fingerprint density at radius 3 is 2.00 bits per heavy atom. The molecule has 3 amide bonds. The summed E-state index contributed by atoms with van der Waals surface area (Å²) >= 11 is 0. The SMILES string of the molecule is Cl.NC1(C(=O)Nc2ccc(NC(=O)N3CCCCCC3)cc2)CCOCC1. The highest BCUT2D eigenvalue weighted by Gasteiger charge is 2.35. The lowest BCUT2D eigenvalue weighted by molar-refractivity contribution is -0.124. The second kappa shape index (κ2) is 9.92. The molecule has 150 valence electrons. The Balaban J connectivity index is 0.00000261. The number of likely N-dealkylation sites (tertiary alicyclic amines) is 1. The number of carbonyl (C=O) groups is 2. The Morgan fingerprint density at radius 1 is 0.926 bits per heavy atom. The molecule has 0 aromatic heterocycles. The first-order chi connectivity index (χ1) is 12.6. The van der Waals surface area contributed by atoms with Crippen LogP contribution in [0.1, 0.15) is 38.5 Å². The number of halogens is 1. The fraction of sp³-hybridized carbons (Fsp3) is 0.579. The van der Waals surface area contributed by atoms with E-state index in [1.807, 2.05) is 4.90 Å². The van der Waals surface area contributed by atoms with E-state index in [-0.39, 0.29) is 24.3 Å². The maximum absolute atomic E-state index is 12.4. The lowest BCUT2D eigenvalue weighted by Crippen LogP contribution is -2.54. The summed E-state index contributed by atoms with van der Waals surface area (Å²) in [6.45, 7) is 2.63. The molecule has 27 heavy (non-hydrogen) atoms. The quantitative estimate of drug-likeness (QED) is 0.731. The summed E-state index contributed by atoms with van der Waals surface area (Å²) in [4.78, 5) is 26.6. The average Bonchev–Trinajstić information content (AvgIpc) is 2.93. The molecule has 0 saturated carbocycles. The predicted molar refractivity (Wildman–Crippen MR) is 108 cm³/mol. The zero-order valence-corrected chi connectivity index (χ0v) is 16.4. The summed E-state index contributed by atoms with van der Waals surface area (Å²) in [6, 6.07) is 7.07. The monoisotopic (exact) mass is 396 g/mol. The molecule has 8 heteroatoms. The van der Waals surface area contributed by atoms with Gasteiger partial charge >= 0.3 is 6.03 Å². The third kappa shape index (κ3) is 5.82. The van der Waals surface area contributed by atoms with Crippen LogP contribution in [0, 0.1) is 0 Å². The molecule has 0 radical (unpaired) electrons. The van der Waals surface area contributed by atoms with E-state index in [2.05, 4.69) is 10.6 Å². The highest BCUT2D eigenvalue weighted by atomic mass is 35.5. The van der Waals surface area contributed by atoms with Crippen molar-refractivity contribution in [1.29, 1.82) is 0 Å². The zero-order chi connectivity index (χ0) is 18.4. The van der Waals surface area contributed by atoms with Gasteiger partial charge in [-0.25, -0.2) is 4.79 Å². The maximum atomic E-state index is 12.4. The molecular formula is C19H29ClN4O3. The molecule has 0 unspecified atom stereocenters. The highest BCUT2D eigenvalue weighted by molar-refractivity contribution is 5.98. The van der Waals surface area contributed by atoms with Crippen molar-refractivity contribution in [3.8, 4) is 0 Å². The molecule has 4 N–H and O–H groups in total. The lowest BCUT2D eigenvalue weighted by atomic mass is 9.90. The van der Waals surface area contributed by atoms with Crippen LogP contribution in [0.15, 0.2) is 24.3 Å². The van der Waals surface area contributed by atoms with Crippen LogP contribution in [0.3, 0.4) is 0 Å². The summed E-state index contributed by atoms with van der Waals surface area (Å²) in [5.74, 6) is -0.192.